The normalized spacial score (nSPS) is 12.8. The van der Waals surface area contributed by atoms with Crippen molar-refractivity contribution in [1.82, 2.24) is 0 Å². The van der Waals surface area contributed by atoms with Crippen LogP contribution < -0.4 is 5.73 Å². The van der Waals surface area contributed by atoms with Gasteiger partial charge in [-0.1, -0.05) is 35.3 Å². The third-order valence-electron chi connectivity index (χ3n) is 1.99. The Morgan fingerprint density at radius 2 is 2.23 bits per heavy atom. The van der Waals surface area contributed by atoms with Crippen molar-refractivity contribution in [1.29, 1.82) is 0 Å². The van der Waals surface area contributed by atoms with Gasteiger partial charge in [0.25, 0.3) is 0 Å². The fraction of sp³-hybridized carbons (Fsp3) is 0.400. The van der Waals surface area contributed by atoms with Crippen molar-refractivity contribution >= 4 is 15.9 Å². The Kier molecular flexibility index (Phi) is 3.75. The molecule has 0 aliphatic carbocycles. The first-order valence-electron chi connectivity index (χ1n) is 4.39. The van der Waals surface area contributed by atoms with Gasteiger partial charge in [-0.15, -0.1) is 0 Å². The molecule has 1 aromatic carbocycles. The summed E-state index contributed by atoms with van der Waals surface area (Å²) in [5.74, 6) is 0.273. The summed E-state index contributed by atoms with van der Waals surface area (Å²) in [4.78, 5) is 0. The highest BCUT2D eigenvalue weighted by atomic mass is 79.9. The lowest BCUT2D eigenvalue weighted by molar-refractivity contribution is 0.457. The maximum Gasteiger partial charge on any atom is 0.121 e. The highest BCUT2D eigenvalue weighted by molar-refractivity contribution is 9.10. The smallest absolute Gasteiger partial charge is 0.121 e. The number of hydrogen-bond acceptors (Lipinski definition) is 2. The van der Waals surface area contributed by atoms with E-state index in [1.165, 1.54) is 0 Å². The van der Waals surface area contributed by atoms with Gasteiger partial charge >= 0.3 is 0 Å². The summed E-state index contributed by atoms with van der Waals surface area (Å²) < 4.78 is 0.873. The molecule has 0 spiro atoms. The minimum Gasteiger partial charge on any atom is -0.508 e. The molecular weight excluding hydrogens is 230 g/mol. The summed E-state index contributed by atoms with van der Waals surface area (Å²) in [7, 11) is 0. The molecule has 0 amide bonds. The minimum absolute atomic E-state index is 0.0573. The molecule has 72 valence electrons. The van der Waals surface area contributed by atoms with Crippen LogP contribution >= 0.6 is 15.9 Å². The second-order valence-electron chi connectivity index (χ2n) is 3.10. The number of phenolic OH excluding ortho intramolecular Hbond substituents is 1. The molecule has 13 heavy (non-hydrogen) atoms. The van der Waals surface area contributed by atoms with Crippen molar-refractivity contribution in [2.45, 2.75) is 25.8 Å². The first kappa shape index (κ1) is 10.5. The van der Waals surface area contributed by atoms with E-state index < -0.39 is 0 Å². The quantitative estimate of drug-likeness (QED) is 0.858. The number of aromatic hydroxyl groups is 1. The van der Waals surface area contributed by atoms with Gasteiger partial charge in [-0.25, -0.2) is 0 Å². The molecule has 0 heterocycles. The Labute approximate surface area is 86.9 Å². The number of nitrogens with two attached hydrogens (primary N) is 1. The highest BCUT2D eigenvalue weighted by Crippen LogP contribution is 2.28. The van der Waals surface area contributed by atoms with Crippen LogP contribution in [0.25, 0.3) is 0 Å². The van der Waals surface area contributed by atoms with Crippen LogP contribution in [0.2, 0.25) is 0 Å². The summed E-state index contributed by atoms with van der Waals surface area (Å²) in [5, 5.41) is 9.58. The third-order valence-corrected chi connectivity index (χ3v) is 2.48. The fourth-order valence-corrected chi connectivity index (χ4v) is 1.65. The molecule has 0 radical (unpaired) electrons. The first-order valence-corrected chi connectivity index (χ1v) is 5.18. The molecule has 0 aliphatic heterocycles. The van der Waals surface area contributed by atoms with Crippen molar-refractivity contribution < 1.29 is 5.11 Å². The van der Waals surface area contributed by atoms with E-state index in [1.54, 1.807) is 6.07 Å². The lowest BCUT2D eigenvalue weighted by Crippen LogP contribution is -2.09. The third kappa shape index (κ3) is 2.71. The largest absolute Gasteiger partial charge is 0.508 e. The Bertz CT molecular complexity index is 288. The number of phenols is 1. The van der Waals surface area contributed by atoms with Gasteiger partial charge in [0.05, 0.1) is 0 Å². The van der Waals surface area contributed by atoms with Crippen LogP contribution in [0.3, 0.4) is 0 Å². The van der Waals surface area contributed by atoms with Gasteiger partial charge in [0.2, 0.25) is 0 Å². The molecular formula is C10H14BrNO. The molecule has 3 heteroatoms. The van der Waals surface area contributed by atoms with Gasteiger partial charge in [-0.2, -0.15) is 0 Å². The van der Waals surface area contributed by atoms with E-state index in [1.807, 2.05) is 12.1 Å². The molecule has 1 atom stereocenters. The molecule has 0 saturated carbocycles. The lowest BCUT2D eigenvalue weighted by atomic mass is 10.0. The zero-order valence-electron chi connectivity index (χ0n) is 7.63. The SMILES string of the molecule is CCC[C@H](N)c1ccc(Br)cc1O. The molecule has 0 saturated heterocycles. The molecule has 0 bridgehead atoms. The van der Waals surface area contributed by atoms with Crippen molar-refractivity contribution in [2.24, 2.45) is 5.73 Å². The zero-order chi connectivity index (χ0) is 9.84. The molecule has 1 aromatic rings. The Morgan fingerprint density at radius 3 is 2.77 bits per heavy atom. The van der Waals surface area contributed by atoms with Crippen LogP contribution in [0.1, 0.15) is 31.4 Å². The molecule has 0 unspecified atom stereocenters. The predicted octanol–water partition coefficient (Wildman–Crippen LogP) is 2.95. The summed E-state index contributed by atoms with van der Waals surface area (Å²) >= 11 is 3.28. The Balaban J connectivity index is 2.88. The van der Waals surface area contributed by atoms with E-state index in [-0.39, 0.29) is 11.8 Å². The minimum atomic E-state index is -0.0573. The van der Waals surface area contributed by atoms with Crippen LogP contribution in [0.5, 0.6) is 5.75 Å². The van der Waals surface area contributed by atoms with Gasteiger partial charge in [-0.3, -0.25) is 0 Å². The Hall–Kier alpha value is -0.540. The van der Waals surface area contributed by atoms with Crippen LogP contribution in [-0.2, 0) is 0 Å². The molecule has 2 nitrogen and oxygen atoms in total. The summed E-state index contributed by atoms with van der Waals surface area (Å²) in [6.07, 6.45) is 1.92. The summed E-state index contributed by atoms with van der Waals surface area (Å²) in [5.41, 5.74) is 6.71. The maximum atomic E-state index is 9.58. The topological polar surface area (TPSA) is 46.2 Å². The average molecular weight is 244 g/mol. The van der Waals surface area contributed by atoms with E-state index in [4.69, 9.17) is 5.73 Å². The van der Waals surface area contributed by atoms with Crippen molar-refractivity contribution in [3.05, 3.63) is 28.2 Å². The molecule has 1 rings (SSSR count). The van der Waals surface area contributed by atoms with Crippen LogP contribution in [-0.4, -0.2) is 5.11 Å². The maximum absolute atomic E-state index is 9.58. The van der Waals surface area contributed by atoms with Crippen molar-refractivity contribution in [2.75, 3.05) is 0 Å². The van der Waals surface area contributed by atoms with Gasteiger partial charge < -0.3 is 10.8 Å². The predicted molar refractivity (Wildman–Crippen MR) is 57.6 cm³/mol. The lowest BCUT2D eigenvalue weighted by Gasteiger charge is -2.12. The number of rotatable bonds is 3. The van der Waals surface area contributed by atoms with Crippen LogP contribution in [0, 0.1) is 0 Å². The van der Waals surface area contributed by atoms with E-state index in [0.717, 1.165) is 22.9 Å². The molecule has 0 aromatic heterocycles. The molecule has 0 fully saturated rings. The van der Waals surface area contributed by atoms with Gasteiger partial charge in [0.15, 0.2) is 0 Å². The van der Waals surface area contributed by atoms with E-state index in [0.29, 0.717) is 0 Å². The summed E-state index contributed by atoms with van der Waals surface area (Å²) in [6, 6.07) is 5.37. The van der Waals surface area contributed by atoms with E-state index in [9.17, 15) is 5.11 Å². The molecule has 0 aliphatic rings. The van der Waals surface area contributed by atoms with Gasteiger partial charge in [0, 0.05) is 16.1 Å². The van der Waals surface area contributed by atoms with Gasteiger partial charge in [-0.05, 0) is 18.6 Å². The second kappa shape index (κ2) is 4.63. The number of benzene rings is 1. The standard InChI is InChI=1S/C10H14BrNO/c1-2-3-9(12)8-5-4-7(11)6-10(8)13/h4-6,9,13H,2-3,12H2,1H3/t9-/m0/s1. The monoisotopic (exact) mass is 243 g/mol. The Morgan fingerprint density at radius 1 is 1.54 bits per heavy atom. The van der Waals surface area contributed by atoms with Crippen molar-refractivity contribution in [3.8, 4) is 5.75 Å². The van der Waals surface area contributed by atoms with Crippen molar-refractivity contribution in [3.63, 3.8) is 0 Å². The molecule has 3 N–H and O–H groups in total. The fourth-order valence-electron chi connectivity index (χ4n) is 1.30. The number of hydrogen-bond donors (Lipinski definition) is 2. The van der Waals surface area contributed by atoms with Crippen LogP contribution in [0.15, 0.2) is 22.7 Å². The van der Waals surface area contributed by atoms with Crippen LogP contribution in [0.4, 0.5) is 0 Å². The first-order chi connectivity index (χ1) is 6.15. The average Bonchev–Trinajstić information content (AvgIpc) is 2.04. The zero-order valence-corrected chi connectivity index (χ0v) is 9.21. The van der Waals surface area contributed by atoms with E-state index in [2.05, 4.69) is 22.9 Å². The second-order valence-corrected chi connectivity index (χ2v) is 4.01. The number of halogens is 1. The highest BCUT2D eigenvalue weighted by Gasteiger charge is 2.09. The van der Waals surface area contributed by atoms with E-state index >= 15 is 0 Å². The van der Waals surface area contributed by atoms with Gasteiger partial charge in [0.1, 0.15) is 5.75 Å². The summed E-state index contributed by atoms with van der Waals surface area (Å²) in [6.45, 7) is 2.08.